The fourth-order valence-electron chi connectivity index (χ4n) is 2.88. The SMILES string of the molecule is CCCCCC(CCCC)c1ccc2c(c1)OCCO2. The first-order chi connectivity index (χ1) is 9.85. The molecule has 1 aliphatic heterocycles. The Labute approximate surface area is 123 Å². The predicted octanol–water partition coefficient (Wildman–Crippen LogP) is 5.31. The van der Waals surface area contributed by atoms with Crippen molar-refractivity contribution in [2.24, 2.45) is 0 Å². The minimum atomic E-state index is 0.669. The number of unbranched alkanes of at least 4 members (excludes halogenated alkanes) is 3. The van der Waals surface area contributed by atoms with Crippen LogP contribution in [0.5, 0.6) is 11.5 Å². The Balaban J connectivity index is 2.06. The van der Waals surface area contributed by atoms with Gasteiger partial charge in [-0.25, -0.2) is 0 Å². The largest absolute Gasteiger partial charge is 0.486 e. The highest BCUT2D eigenvalue weighted by Crippen LogP contribution is 2.36. The lowest BCUT2D eigenvalue weighted by molar-refractivity contribution is 0.171. The van der Waals surface area contributed by atoms with Gasteiger partial charge in [-0.2, -0.15) is 0 Å². The average molecular weight is 276 g/mol. The maximum atomic E-state index is 5.72. The van der Waals surface area contributed by atoms with Crippen molar-refractivity contribution in [2.75, 3.05) is 13.2 Å². The molecule has 2 nitrogen and oxygen atoms in total. The maximum Gasteiger partial charge on any atom is 0.161 e. The van der Waals surface area contributed by atoms with Gasteiger partial charge in [0.05, 0.1) is 0 Å². The molecular weight excluding hydrogens is 248 g/mol. The Kier molecular flexibility index (Phi) is 6.23. The van der Waals surface area contributed by atoms with Crippen molar-refractivity contribution in [3.05, 3.63) is 23.8 Å². The lowest BCUT2D eigenvalue weighted by Crippen LogP contribution is -2.15. The highest BCUT2D eigenvalue weighted by Gasteiger charge is 2.16. The smallest absolute Gasteiger partial charge is 0.161 e. The van der Waals surface area contributed by atoms with Crippen molar-refractivity contribution in [1.29, 1.82) is 0 Å². The van der Waals surface area contributed by atoms with Crippen LogP contribution in [-0.4, -0.2) is 13.2 Å². The van der Waals surface area contributed by atoms with Gasteiger partial charge in [-0.15, -0.1) is 0 Å². The van der Waals surface area contributed by atoms with Crippen molar-refractivity contribution in [3.63, 3.8) is 0 Å². The molecule has 0 amide bonds. The summed E-state index contributed by atoms with van der Waals surface area (Å²) in [4.78, 5) is 0. The van der Waals surface area contributed by atoms with Gasteiger partial charge >= 0.3 is 0 Å². The van der Waals surface area contributed by atoms with Crippen molar-refractivity contribution < 1.29 is 9.47 Å². The van der Waals surface area contributed by atoms with Gasteiger partial charge < -0.3 is 9.47 Å². The molecule has 0 saturated heterocycles. The van der Waals surface area contributed by atoms with Crippen LogP contribution in [0.4, 0.5) is 0 Å². The Hall–Kier alpha value is -1.18. The van der Waals surface area contributed by atoms with E-state index in [0.717, 1.165) is 11.5 Å². The van der Waals surface area contributed by atoms with Gasteiger partial charge in [0, 0.05) is 0 Å². The molecular formula is C18H28O2. The van der Waals surface area contributed by atoms with Crippen LogP contribution in [0.3, 0.4) is 0 Å². The van der Waals surface area contributed by atoms with Crippen LogP contribution in [0.2, 0.25) is 0 Å². The molecule has 0 N–H and O–H groups in total. The number of fused-ring (bicyclic) bond motifs is 1. The van der Waals surface area contributed by atoms with Gasteiger partial charge in [-0.05, 0) is 36.5 Å². The predicted molar refractivity (Wildman–Crippen MR) is 83.8 cm³/mol. The van der Waals surface area contributed by atoms with E-state index in [0.29, 0.717) is 19.1 Å². The summed E-state index contributed by atoms with van der Waals surface area (Å²) in [5.74, 6) is 2.52. The van der Waals surface area contributed by atoms with Gasteiger partial charge in [0.25, 0.3) is 0 Å². The third-order valence-electron chi connectivity index (χ3n) is 4.10. The molecule has 2 rings (SSSR count). The average Bonchev–Trinajstić information content (AvgIpc) is 2.50. The van der Waals surface area contributed by atoms with E-state index >= 15 is 0 Å². The van der Waals surface area contributed by atoms with Crippen LogP contribution in [0, 0.1) is 0 Å². The van der Waals surface area contributed by atoms with Crippen LogP contribution in [0.25, 0.3) is 0 Å². The second-order valence-corrected chi connectivity index (χ2v) is 5.74. The molecule has 0 fully saturated rings. The van der Waals surface area contributed by atoms with Crippen molar-refractivity contribution >= 4 is 0 Å². The summed E-state index contributed by atoms with van der Waals surface area (Å²) in [6, 6.07) is 6.53. The fourth-order valence-corrected chi connectivity index (χ4v) is 2.88. The van der Waals surface area contributed by atoms with E-state index in [2.05, 4.69) is 32.0 Å². The van der Waals surface area contributed by atoms with Crippen LogP contribution in [-0.2, 0) is 0 Å². The highest BCUT2D eigenvalue weighted by atomic mass is 16.6. The van der Waals surface area contributed by atoms with Crippen LogP contribution in [0.15, 0.2) is 18.2 Å². The summed E-state index contributed by atoms with van der Waals surface area (Å²) < 4.78 is 11.3. The molecule has 1 heterocycles. The normalized spacial score (nSPS) is 15.1. The molecule has 0 saturated carbocycles. The van der Waals surface area contributed by atoms with E-state index in [-0.39, 0.29) is 0 Å². The van der Waals surface area contributed by atoms with E-state index in [1.165, 1.54) is 50.5 Å². The van der Waals surface area contributed by atoms with E-state index in [4.69, 9.17) is 9.47 Å². The Morgan fingerprint density at radius 3 is 2.35 bits per heavy atom. The van der Waals surface area contributed by atoms with Gasteiger partial charge in [-0.3, -0.25) is 0 Å². The zero-order valence-corrected chi connectivity index (χ0v) is 13.0. The molecule has 1 unspecified atom stereocenters. The second-order valence-electron chi connectivity index (χ2n) is 5.74. The molecule has 112 valence electrons. The zero-order chi connectivity index (χ0) is 14.2. The van der Waals surface area contributed by atoms with Crippen molar-refractivity contribution in [2.45, 2.75) is 64.7 Å². The monoisotopic (exact) mass is 276 g/mol. The molecule has 2 heteroatoms. The standard InChI is InChI=1S/C18H28O2/c1-3-5-7-9-15(8-6-4-2)16-10-11-17-18(14-16)20-13-12-19-17/h10-11,14-15H,3-9,12-13H2,1-2H3. The Bertz CT molecular complexity index is 400. The molecule has 0 radical (unpaired) electrons. The molecule has 1 aromatic rings. The second kappa shape index (κ2) is 8.18. The first-order valence-corrected chi connectivity index (χ1v) is 8.24. The van der Waals surface area contributed by atoms with E-state index in [9.17, 15) is 0 Å². The van der Waals surface area contributed by atoms with E-state index < -0.39 is 0 Å². The quantitative estimate of drug-likeness (QED) is 0.599. The zero-order valence-electron chi connectivity index (χ0n) is 13.0. The molecule has 1 aliphatic rings. The van der Waals surface area contributed by atoms with Gasteiger partial charge in [0.1, 0.15) is 13.2 Å². The van der Waals surface area contributed by atoms with Crippen LogP contribution < -0.4 is 9.47 Å². The van der Waals surface area contributed by atoms with Crippen molar-refractivity contribution in [1.82, 2.24) is 0 Å². The molecule has 0 bridgehead atoms. The summed E-state index contributed by atoms with van der Waals surface area (Å²) in [6.45, 7) is 5.88. The number of rotatable bonds is 8. The van der Waals surface area contributed by atoms with Crippen LogP contribution in [0.1, 0.15) is 70.3 Å². The minimum absolute atomic E-state index is 0.669. The topological polar surface area (TPSA) is 18.5 Å². The molecule has 20 heavy (non-hydrogen) atoms. The fraction of sp³-hybridized carbons (Fsp3) is 0.667. The maximum absolute atomic E-state index is 5.72. The minimum Gasteiger partial charge on any atom is -0.486 e. The highest BCUT2D eigenvalue weighted by molar-refractivity contribution is 5.44. The van der Waals surface area contributed by atoms with Gasteiger partial charge in [0.2, 0.25) is 0 Å². The summed E-state index contributed by atoms with van der Waals surface area (Å²) in [7, 11) is 0. The molecule has 1 aromatic carbocycles. The molecule has 0 aliphatic carbocycles. The summed E-state index contributed by atoms with van der Waals surface area (Å²) >= 11 is 0. The summed E-state index contributed by atoms with van der Waals surface area (Å²) in [5.41, 5.74) is 1.43. The van der Waals surface area contributed by atoms with E-state index in [1.54, 1.807) is 0 Å². The summed E-state index contributed by atoms with van der Waals surface area (Å²) in [5, 5.41) is 0. The Morgan fingerprint density at radius 2 is 1.60 bits per heavy atom. The number of hydrogen-bond acceptors (Lipinski definition) is 2. The van der Waals surface area contributed by atoms with Gasteiger partial charge in [0.15, 0.2) is 11.5 Å². The van der Waals surface area contributed by atoms with Crippen molar-refractivity contribution in [3.8, 4) is 11.5 Å². The lowest BCUT2D eigenvalue weighted by Gasteiger charge is -2.22. The number of hydrogen-bond donors (Lipinski definition) is 0. The number of ether oxygens (including phenoxy) is 2. The van der Waals surface area contributed by atoms with Gasteiger partial charge in [-0.1, -0.05) is 52.0 Å². The molecule has 1 atom stereocenters. The third-order valence-corrected chi connectivity index (χ3v) is 4.10. The number of benzene rings is 1. The summed E-state index contributed by atoms with van der Waals surface area (Å²) in [6.07, 6.45) is 9.14. The Morgan fingerprint density at radius 1 is 0.900 bits per heavy atom. The molecule has 0 aromatic heterocycles. The lowest BCUT2D eigenvalue weighted by atomic mass is 9.88. The van der Waals surface area contributed by atoms with E-state index in [1.807, 2.05) is 0 Å². The first kappa shape index (κ1) is 15.2. The van der Waals surface area contributed by atoms with Crippen LogP contribution >= 0.6 is 0 Å². The molecule has 0 spiro atoms. The first-order valence-electron chi connectivity index (χ1n) is 8.24. The third kappa shape index (κ3) is 4.16.